The second-order valence-corrected chi connectivity index (χ2v) is 11.4. The molecule has 0 saturated carbocycles. The summed E-state index contributed by atoms with van der Waals surface area (Å²) in [6.07, 6.45) is 0.432. The van der Waals surface area contributed by atoms with Gasteiger partial charge in [-0.05, 0) is 59.9 Å². The summed E-state index contributed by atoms with van der Waals surface area (Å²) in [5, 5.41) is 16.6. The lowest BCUT2D eigenvalue weighted by Gasteiger charge is -2.51. The summed E-state index contributed by atoms with van der Waals surface area (Å²) in [5.74, 6) is 0.00583. The van der Waals surface area contributed by atoms with Gasteiger partial charge < -0.3 is 14.6 Å². The van der Waals surface area contributed by atoms with Crippen LogP contribution in [0.4, 0.5) is 4.79 Å². The maximum Gasteiger partial charge on any atom is 0.410 e. The van der Waals surface area contributed by atoms with Gasteiger partial charge >= 0.3 is 6.09 Å². The van der Waals surface area contributed by atoms with Crippen LogP contribution in [0.3, 0.4) is 0 Å². The number of nitrogens with zero attached hydrogens (tertiary/aromatic N) is 3. The molecular formula is C33H33N3O4. The molecule has 7 heteroatoms. The normalized spacial score (nSPS) is 23.5. The van der Waals surface area contributed by atoms with E-state index in [-0.39, 0.29) is 30.7 Å². The zero-order chi connectivity index (χ0) is 27.4. The molecule has 7 rings (SSSR count). The number of carbonyl (C=O) groups excluding carboxylic acids is 1. The summed E-state index contributed by atoms with van der Waals surface area (Å²) in [4.78, 5) is 15.4. The first-order chi connectivity index (χ1) is 19.4. The molecular weight excluding hydrogens is 502 g/mol. The van der Waals surface area contributed by atoms with Crippen LogP contribution < -0.4 is 0 Å². The van der Waals surface area contributed by atoms with E-state index in [4.69, 9.17) is 9.47 Å². The smallest absolute Gasteiger partial charge is 0.410 e. The molecule has 3 aromatic carbocycles. The Labute approximate surface area is 234 Å². The van der Waals surface area contributed by atoms with Crippen LogP contribution in [0.15, 0.2) is 78.9 Å². The highest BCUT2D eigenvalue weighted by atomic mass is 16.6. The molecule has 1 amide bonds. The average Bonchev–Trinajstić information content (AvgIpc) is 3.47. The number of aliphatic hydroxyl groups is 1. The molecule has 3 heterocycles. The van der Waals surface area contributed by atoms with Crippen molar-refractivity contribution in [3.63, 3.8) is 0 Å². The van der Waals surface area contributed by atoms with E-state index in [0.717, 1.165) is 22.6 Å². The first-order valence-electron chi connectivity index (χ1n) is 14.0. The van der Waals surface area contributed by atoms with E-state index in [2.05, 4.69) is 29.4 Å². The van der Waals surface area contributed by atoms with Gasteiger partial charge in [-0.15, -0.1) is 0 Å². The van der Waals surface area contributed by atoms with Crippen LogP contribution in [-0.2, 0) is 15.1 Å². The number of fused-ring (bicyclic) bond motifs is 5. The number of aromatic nitrogens is 2. The maximum absolute atomic E-state index is 13.6. The topological polar surface area (TPSA) is 76.8 Å². The lowest BCUT2D eigenvalue weighted by atomic mass is 9.77. The zero-order valence-corrected chi connectivity index (χ0v) is 22.8. The van der Waals surface area contributed by atoms with E-state index in [1.165, 1.54) is 22.3 Å². The number of morpholine rings is 1. The summed E-state index contributed by atoms with van der Waals surface area (Å²) >= 11 is 0. The van der Waals surface area contributed by atoms with Gasteiger partial charge in [0.05, 0.1) is 42.3 Å². The molecule has 1 N–H and O–H groups in total. The third-order valence-electron chi connectivity index (χ3n) is 8.74. The molecule has 204 valence electrons. The second-order valence-electron chi connectivity index (χ2n) is 11.4. The van der Waals surface area contributed by atoms with Crippen molar-refractivity contribution < 1.29 is 19.4 Å². The first kappa shape index (κ1) is 25.1. The molecule has 2 saturated heterocycles. The summed E-state index contributed by atoms with van der Waals surface area (Å²) in [6, 6.07) is 26.1. The van der Waals surface area contributed by atoms with E-state index in [0.29, 0.717) is 26.1 Å². The fourth-order valence-electron chi connectivity index (χ4n) is 7.00. The summed E-state index contributed by atoms with van der Waals surface area (Å²) in [6.45, 7) is 5.02. The molecule has 2 atom stereocenters. The predicted octanol–water partition coefficient (Wildman–Crippen LogP) is 5.49. The third kappa shape index (κ3) is 4.12. The Balaban J connectivity index is 1.10. The Hall–Kier alpha value is -3.94. The molecule has 1 aliphatic carbocycles. The lowest BCUT2D eigenvalue weighted by Crippen LogP contribution is -2.62. The quantitative estimate of drug-likeness (QED) is 0.374. The van der Waals surface area contributed by atoms with Gasteiger partial charge in [-0.1, -0.05) is 60.7 Å². The van der Waals surface area contributed by atoms with E-state index in [1.807, 2.05) is 78.0 Å². The molecule has 3 aliphatic rings. The zero-order valence-electron chi connectivity index (χ0n) is 22.8. The highest BCUT2D eigenvalue weighted by molar-refractivity contribution is 5.79. The van der Waals surface area contributed by atoms with E-state index in [1.54, 1.807) is 0 Å². The maximum atomic E-state index is 13.6. The SMILES string of the molecule is Cc1cc(C)n(-c2cccc(C3(O)CC4COCC(C3)N4C(=O)OCC3c4ccccc4-c4ccccc43)c2)n1. The van der Waals surface area contributed by atoms with Crippen molar-refractivity contribution in [1.29, 1.82) is 0 Å². The fraction of sp³-hybridized carbons (Fsp3) is 0.333. The number of carbonyl (C=O) groups is 1. The van der Waals surface area contributed by atoms with Crippen molar-refractivity contribution >= 4 is 6.09 Å². The van der Waals surface area contributed by atoms with Crippen LogP contribution in [0.1, 0.15) is 46.8 Å². The number of ether oxygens (including phenoxy) is 2. The van der Waals surface area contributed by atoms with Crippen LogP contribution in [0.25, 0.3) is 16.8 Å². The Morgan fingerprint density at radius 2 is 1.60 bits per heavy atom. The highest BCUT2D eigenvalue weighted by Crippen LogP contribution is 2.45. The number of amides is 1. The summed E-state index contributed by atoms with van der Waals surface area (Å²) in [7, 11) is 0. The van der Waals surface area contributed by atoms with Gasteiger partial charge in [0.1, 0.15) is 6.61 Å². The molecule has 2 unspecified atom stereocenters. The van der Waals surface area contributed by atoms with Gasteiger partial charge in [-0.25, -0.2) is 9.48 Å². The molecule has 2 fully saturated rings. The van der Waals surface area contributed by atoms with Crippen molar-refractivity contribution in [1.82, 2.24) is 14.7 Å². The number of piperidine rings is 1. The van der Waals surface area contributed by atoms with Gasteiger partial charge in [0, 0.05) is 24.5 Å². The summed E-state index contributed by atoms with van der Waals surface area (Å²) in [5.41, 5.74) is 7.45. The average molecular weight is 536 g/mol. The molecule has 0 spiro atoms. The Morgan fingerprint density at radius 3 is 2.23 bits per heavy atom. The predicted molar refractivity (Wildman–Crippen MR) is 151 cm³/mol. The van der Waals surface area contributed by atoms with Crippen LogP contribution in [0.2, 0.25) is 0 Å². The van der Waals surface area contributed by atoms with Gasteiger partial charge in [0.25, 0.3) is 0 Å². The molecule has 7 nitrogen and oxygen atoms in total. The fourth-order valence-corrected chi connectivity index (χ4v) is 7.00. The minimum absolute atomic E-state index is 0.00583. The van der Waals surface area contributed by atoms with Gasteiger partial charge in [-0.3, -0.25) is 4.90 Å². The first-order valence-corrected chi connectivity index (χ1v) is 14.0. The Morgan fingerprint density at radius 1 is 0.950 bits per heavy atom. The number of hydrogen-bond acceptors (Lipinski definition) is 5. The minimum atomic E-state index is -1.08. The molecule has 40 heavy (non-hydrogen) atoms. The number of rotatable bonds is 4. The highest BCUT2D eigenvalue weighted by Gasteiger charge is 2.49. The molecule has 4 aromatic rings. The van der Waals surface area contributed by atoms with Crippen molar-refractivity contribution in [2.24, 2.45) is 0 Å². The number of hydrogen-bond donors (Lipinski definition) is 1. The van der Waals surface area contributed by atoms with Crippen LogP contribution in [0, 0.1) is 13.8 Å². The van der Waals surface area contributed by atoms with Gasteiger partial charge in [0.2, 0.25) is 0 Å². The standard InChI is InChI=1S/C33H33N3O4/c1-21-14-22(2)36(34-21)24-9-7-8-23(15-24)33(38)16-25-18-39-19-26(17-33)35(25)32(37)40-20-31-29-12-5-3-10-27(29)28-11-4-6-13-30(28)31/h3-15,25-26,31,38H,16-20H2,1-2H3. The van der Waals surface area contributed by atoms with E-state index >= 15 is 0 Å². The van der Waals surface area contributed by atoms with E-state index in [9.17, 15) is 9.90 Å². The minimum Gasteiger partial charge on any atom is -0.448 e. The lowest BCUT2D eigenvalue weighted by molar-refractivity contribution is -0.136. The largest absolute Gasteiger partial charge is 0.448 e. The van der Waals surface area contributed by atoms with Crippen molar-refractivity contribution in [3.8, 4) is 16.8 Å². The van der Waals surface area contributed by atoms with Crippen LogP contribution in [0.5, 0.6) is 0 Å². The van der Waals surface area contributed by atoms with Gasteiger partial charge in [0.15, 0.2) is 0 Å². The van der Waals surface area contributed by atoms with Crippen molar-refractivity contribution in [2.45, 2.75) is 50.3 Å². The second kappa shape index (κ2) is 9.61. The molecule has 2 aliphatic heterocycles. The number of aryl methyl sites for hydroxylation is 2. The van der Waals surface area contributed by atoms with Crippen molar-refractivity contribution in [3.05, 3.63) is 107 Å². The van der Waals surface area contributed by atoms with Gasteiger partial charge in [-0.2, -0.15) is 5.10 Å². The van der Waals surface area contributed by atoms with Crippen LogP contribution >= 0.6 is 0 Å². The Bertz CT molecular complexity index is 1530. The Kier molecular flexibility index (Phi) is 6.02. The van der Waals surface area contributed by atoms with Crippen LogP contribution in [-0.4, -0.2) is 57.8 Å². The molecule has 1 aromatic heterocycles. The monoisotopic (exact) mass is 535 g/mol. The van der Waals surface area contributed by atoms with Crippen molar-refractivity contribution in [2.75, 3.05) is 19.8 Å². The molecule has 0 radical (unpaired) electrons. The third-order valence-corrected chi connectivity index (χ3v) is 8.74. The van der Waals surface area contributed by atoms with E-state index < -0.39 is 5.60 Å². The number of benzene rings is 3. The summed E-state index contributed by atoms with van der Waals surface area (Å²) < 4.78 is 13.8. The molecule has 2 bridgehead atoms.